The van der Waals surface area contributed by atoms with Crippen LogP contribution in [-0.2, 0) is 4.74 Å². The van der Waals surface area contributed by atoms with E-state index < -0.39 is 6.10 Å². The molecule has 0 bridgehead atoms. The summed E-state index contributed by atoms with van der Waals surface area (Å²) in [5, 5.41) is 10.4. The maximum absolute atomic E-state index is 10.4. The summed E-state index contributed by atoms with van der Waals surface area (Å²) in [7, 11) is 1.59. The molecule has 0 spiro atoms. The van der Waals surface area contributed by atoms with Crippen LogP contribution < -0.4 is 14.2 Å². The SMILES string of the molecule is COc1cc(C(O)CCCC2CCCO2)cc2c1OCO2. The lowest BCUT2D eigenvalue weighted by Crippen LogP contribution is -2.06. The van der Waals surface area contributed by atoms with Crippen LogP contribution in [0.1, 0.15) is 43.8 Å². The molecule has 2 unspecified atom stereocenters. The first-order valence-electron chi connectivity index (χ1n) is 7.55. The van der Waals surface area contributed by atoms with Crippen molar-refractivity contribution in [2.75, 3.05) is 20.5 Å². The lowest BCUT2D eigenvalue weighted by Gasteiger charge is -2.15. The number of aliphatic hydroxyl groups is 1. The first-order chi connectivity index (χ1) is 10.3. The lowest BCUT2D eigenvalue weighted by molar-refractivity contribution is 0.0944. The Bertz CT molecular complexity index is 482. The van der Waals surface area contributed by atoms with Gasteiger partial charge in [0.2, 0.25) is 12.5 Å². The summed E-state index contributed by atoms with van der Waals surface area (Å²) in [4.78, 5) is 0. The molecule has 0 amide bonds. The van der Waals surface area contributed by atoms with E-state index >= 15 is 0 Å². The Morgan fingerprint density at radius 1 is 1.38 bits per heavy atom. The van der Waals surface area contributed by atoms with Crippen LogP contribution in [0.5, 0.6) is 17.2 Å². The number of fused-ring (bicyclic) bond motifs is 1. The third-order valence-corrected chi connectivity index (χ3v) is 4.09. The zero-order chi connectivity index (χ0) is 14.7. The van der Waals surface area contributed by atoms with Crippen molar-refractivity contribution in [3.05, 3.63) is 17.7 Å². The van der Waals surface area contributed by atoms with Crippen molar-refractivity contribution >= 4 is 0 Å². The minimum Gasteiger partial charge on any atom is -0.493 e. The van der Waals surface area contributed by atoms with Crippen molar-refractivity contribution < 1.29 is 24.1 Å². The van der Waals surface area contributed by atoms with Crippen molar-refractivity contribution in [3.63, 3.8) is 0 Å². The smallest absolute Gasteiger partial charge is 0.231 e. The second-order valence-electron chi connectivity index (χ2n) is 5.54. The number of benzene rings is 1. The fourth-order valence-electron chi connectivity index (χ4n) is 2.92. The Balaban J connectivity index is 1.60. The molecular weight excluding hydrogens is 272 g/mol. The largest absolute Gasteiger partial charge is 0.493 e. The third-order valence-electron chi connectivity index (χ3n) is 4.09. The van der Waals surface area contributed by atoms with E-state index in [0.29, 0.717) is 29.8 Å². The molecule has 0 aromatic heterocycles. The average molecular weight is 294 g/mol. The first kappa shape index (κ1) is 14.5. The highest BCUT2D eigenvalue weighted by Gasteiger charge is 2.22. The summed E-state index contributed by atoms with van der Waals surface area (Å²) in [6.07, 6.45) is 4.84. The van der Waals surface area contributed by atoms with Crippen LogP contribution >= 0.6 is 0 Å². The van der Waals surface area contributed by atoms with Crippen LogP contribution in [0, 0.1) is 0 Å². The Morgan fingerprint density at radius 3 is 3.05 bits per heavy atom. The van der Waals surface area contributed by atoms with Crippen LogP contribution in [-0.4, -0.2) is 31.7 Å². The van der Waals surface area contributed by atoms with Gasteiger partial charge in [0.15, 0.2) is 11.5 Å². The maximum atomic E-state index is 10.4. The fourth-order valence-corrected chi connectivity index (χ4v) is 2.92. The molecule has 5 nitrogen and oxygen atoms in total. The number of hydrogen-bond acceptors (Lipinski definition) is 5. The van der Waals surface area contributed by atoms with Gasteiger partial charge < -0.3 is 24.1 Å². The van der Waals surface area contributed by atoms with Gasteiger partial charge in [-0.25, -0.2) is 0 Å². The molecule has 1 saturated heterocycles. The fraction of sp³-hybridized carbons (Fsp3) is 0.625. The predicted octanol–water partition coefficient (Wildman–Crippen LogP) is 2.81. The van der Waals surface area contributed by atoms with Crippen LogP contribution in [0.3, 0.4) is 0 Å². The van der Waals surface area contributed by atoms with Crippen molar-refractivity contribution in [2.24, 2.45) is 0 Å². The van der Waals surface area contributed by atoms with Crippen LogP contribution in [0.2, 0.25) is 0 Å². The molecule has 2 aliphatic heterocycles. The quantitative estimate of drug-likeness (QED) is 0.874. The average Bonchev–Trinajstić information content (AvgIpc) is 3.16. The Kier molecular flexibility index (Phi) is 4.51. The molecule has 1 N–H and O–H groups in total. The normalized spacial score (nSPS) is 21.5. The van der Waals surface area contributed by atoms with Crippen molar-refractivity contribution in [3.8, 4) is 17.2 Å². The van der Waals surface area contributed by atoms with Gasteiger partial charge in [0, 0.05) is 6.61 Å². The molecule has 1 fully saturated rings. The predicted molar refractivity (Wildman–Crippen MR) is 76.9 cm³/mol. The molecule has 1 aromatic rings. The minimum absolute atomic E-state index is 0.199. The summed E-state index contributed by atoms with van der Waals surface area (Å²) in [6, 6.07) is 3.66. The van der Waals surface area contributed by atoms with E-state index in [1.807, 2.05) is 12.1 Å². The molecule has 21 heavy (non-hydrogen) atoms. The topological polar surface area (TPSA) is 57.2 Å². The van der Waals surface area contributed by atoms with Crippen molar-refractivity contribution in [2.45, 2.75) is 44.3 Å². The van der Waals surface area contributed by atoms with Gasteiger partial charge in [0.25, 0.3) is 0 Å². The number of aliphatic hydroxyl groups excluding tert-OH is 1. The van der Waals surface area contributed by atoms with Crippen LogP contribution in [0.15, 0.2) is 12.1 Å². The van der Waals surface area contributed by atoms with Crippen molar-refractivity contribution in [1.82, 2.24) is 0 Å². The number of ether oxygens (including phenoxy) is 4. The zero-order valence-corrected chi connectivity index (χ0v) is 12.3. The lowest BCUT2D eigenvalue weighted by atomic mass is 10.0. The number of rotatable bonds is 6. The molecule has 0 aliphatic carbocycles. The highest BCUT2D eigenvalue weighted by Crippen LogP contribution is 2.43. The van der Waals surface area contributed by atoms with E-state index in [1.165, 1.54) is 0 Å². The standard InChI is InChI=1S/C16H22O5/c1-18-14-8-11(9-15-16(14)21-10-20-15)13(17)6-2-4-12-5-3-7-19-12/h8-9,12-13,17H,2-7,10H2,1H3. The van der Waals surface area contributed by atoms with Gasteiger partial charge in [-0.15, -0.1) is 0 Å². The van der Waals surface area contributed by atoms with E-state index in [9.17, 15) is 5.11 Å². The molecule has 5 heteroatoms. The maximum Gasteiger partial charge on any atom is 0.231 e. The molecule has 2 atom stereocenters. The summed E-state index contributed by atoms with van der Waals surface area (Å²) >= 11 is 0. The molecule has 2 aliphatic rings. The molecule has 0 radical (unpaired) electrons. The number of hydrogen-bond donors (Lipinski definition) is 1. The van der Waals surface area contributed by atoms with Crippen molar-refractivity contribution in [1.29, 1.82) is 0 Å². The highest BCUT2D eigenvalue weighted by molar-refractivity contribution is 5.55. The Hall–Kier alpha value is -1.46. The summed E-state index contributed by atoms with van der Waals surface area (Å²) < 4.78 is 21.6. The highest BCUT2D eigenvalue weighted by atomic mass is 16.7. The minimum atomic E-state index is -0.519. The number of methoxy groups -OCH3 is 1. The summed E-state index contributed by atoms with van der Waals surface area (Å²) in [5.74, 6) is 1.87. The molecule has 116 valence electrons. The zero-order valence-electron chi connectivity index (χ0n) is 12.3. The third kappa shape index (κ3) is 3.24. The van der Waals surface area contributed by atoms with E-state index in [2.05, 4.69) is 0 Å². The van der Waals surface area contributed by atoms with Gasteiger partial charge in [0.05, 0.1) is 19.3 Å². The first-order valence-corrected chi connectivity index (χ1v) is 7.55. The molecule has 1 aromatic carbocycles. The monoisotopic (exact) mass is 294 g/mol. The van der Waals surface area contributed by atoms with Gasteiger partial charge in [-0.1, -0.05) is 0 Å². The van der Waals surface area contributed by atoms with E-state index in [-0.39, 0.29) is 6.79 Å². The second-order valence-corrected chi connectivity index (χ2v) is 5.54. The van der Waals surface area contributed by atoms with Gasteiger partial charge in [-0.3, -0.25) is 0 Å². The Labute approximate surface area is 124 Å². The molecule has 2 heterocycles. The van der Waals surface area contributed by atoms with Gasteiger partial charge in [-0.05, 0) is 49.8 Å². The summed E-state index contributed by atoms with van der Waals surface area (Å²) in [6.45, 7) is 1.08. The van der Waals surface area contributed by atoms with E-state index in [1.54, 1.807) is 7.11 Å². The van der Waals surface area contributed by atoms with Gasteiger partial charge in [0.1, 0.15) is 0 Å². The molecule has 0 saturated carbocycles. The molecule has 3 rings (SSSR count). The van der Waals surface area contributed by atoms with E-state index in [0.717, 1.165) is 37.9 Å². The van der Waals surface area contributed by atoms with Crippen LogP contribution in [0.4, 0.5) is 0 Å². The Morgan fingerprint density at radius 2 is 2.29 bits per heavy atom. The molecular formula is C16H22O5. The second kappa shape index (κ2) is 6.54. The van der Waals surface area contributed by atoms with Gasteiger partial charge >= 0.3 is 0 Å². The van der Waals surface area contributed by atoms with Gasteiger partial charge in [-0.2, -0.15) is 0 Å². The van der Waals surface area contributed by atoms with E-state index in [4.69, 9.17) is 18.9 Å². The van der Waals surface area contributed by atoms with Crippen LogP contribution in [0.25, 0.3) is 0 Å². The summed E-state index contributed by atoms with van der Waals surface area (Å²) in [5.41, 5.74) is 0.809.